The van der Waals surface area contributed by atoms with Gasteiger partial charge in [0.15, 0.2) is 0 Å². The lowest BCUT2D eigenvalue weighted by Crippen LogP contribution is -2.48. The second-order valence-corrected chi connectivity index (χ2v) is 5.89. The molecule has 0 radical (unpaired) electrons. The second-order valence-electron chi connectivity index (χ2n) is 5.89. The third-order valence-corrected chi connectivity index (χ3v) is 4.37. The Bertz CT molecular complexity index is 211. The van der Waals surface area contributed by atoms with E-state index in [-0.39, 0.29) is 0 Å². The summed E-state index contributed by atoms with van der Waals surface area (Å²) < 4.78 is 0. The van der Waals surface area contributed by atoms with Gasteiger partial charge in [0.2, 0.25) is 0 Å². The fourth-order valence-electron chi connectivity index (χ4n) is 3.04. The van der Waals surface area contributed by atoms with E-state index in [4.69, 9.17) is 0 Å². The van der Waals surface area contributed by atoms with Crippen LogP contribution < -0.4 is 0 Å². The molecule has 3 nitrogen and oxygen atoms in total. The number of rotatable bonds is 2. The first-order valence-electron chi connectivity index (χ1n) is 6.74. The maximum atomic E-state index is 2.67. The van der Waals surface area contributed by atoms with E-state index in [0.29, 0.717) is 0 Å². The van der Waals surface area contributed by atoms with Gasteiger partial charge in [-0.2, -0.15) is 0 Å². The first-order chi connectivity index (χ1) is 7.65. The summed E-state index contributed by atoms with van der Waals surface area (Å²) in [5.41, 5.74) is 0. The van der Waals surface area contributed by atoms with Crippen LogP contribution in [0.15, 0.2) is 0 Å². The Balaban J connectivity index is 1.76. The van der Waals surface area contributed by atoms with Gasteiger partial charge >= 0.3 is 0 Å². The van der Waals surface area contributed by atoms with Crippen LogP contribution in [-0.2, 0) is 0 Å². The topological polar surface area (TPSA) is 9.72 Å². The van der Waals surface area contributed by atoms with Crippen LogP contribution in [0, 0.1) is 11.8 Å². The molecule has 2 saturated heterocycles. The number of likely N-dealkylation sites (N-methyl/N-ethyl adjacent to an activating group) is 1. The molecule has 0 spiro atoms. The molecule has 0 amide bonds. The highest BCUT2D eigenvalue weighted by atomic mass is 15.2. The van der Waals surface area contributed by atoms with Crippen LogP contribution in [0.25, 0.3) is 0 Å². The van der Waals surface area contributed by atoms with Crippen molar-refractivity contribution in [1.82, 2.24) is 14.7 Å². The molecule has 2 fully saturated rings. The molecule has 2 rings (SSSR count). The van der Waals surface area contributed by atoms with Crippen LogP contribution in [0.2, 0.25) is 0 Å². The highest BCUT2D eigenvalue weighted by Gasteiger charge is 2.26. The third-order valence-electron chi connectivity index (χ3n) is 4.37. The zero-order chi connectivity index (χ0) is 11.5. The fraction of sp³-hybridized carbons (Fsp3) is 1.00. The summed E-state index contributed by atoms with van der Waals surface area (Å²) in [5, 5.41) is 0. The number of hydrogen-bond acceptors (Lipinski definition) is 3. The molecule has 0 N–H and O–H groups in total. The van der Waals surface area contributed by atoms with Crippen LogP contribution in [0.3, 0.4) is 0 Å². The van der Waals surface area contributed by atoms with Crippen LogP contribution >= 0.6 is 0 Å². The molecule has 2 unspecified atom stereocenters. The van der Waals surface area contributed by atoms with Crippen LogP contribution in [-0.4, -0.2) is 74.6 Å². The molecule has 3 heteroatoms. The van der Waals surface area contributed by atoms with Gasteiger partial charge in [0.1, 0.15) is 0 Å². The Morgan fingerprint density at radius 2 is 1.62 bits per heavy atom. The minimum absolute atomic E-state index is 0.874. The highest BCUT2D eigenvalue weighted by Crippen LogP contribution is 2.23. The molecule has 2 atom stereocenters. The molecule has 0 aliphatic carbocycles. The molecule has 2 aliphatic rings. The average molecular weight is 225 g/mol. The Hall–Kier alpha value is -0.120. The van der Waals surface area contributed by atoms with E-state index < -0.39 is 0 Å². The summed E-state index contributed by atoms with van der Waals surface area (Å²) in [6.45, 7) is 11.4. The van der Waals surface area contributed by atoms with E-state index in [9.17, 15) is 0 Å². The van der Waals surface area contributed by atoms with Crippen molar-refractivity contribution in [2.24, 2.45) is 11.8 Å². The lowest BCUT2D eigenvalue weighted by atomic mass is 9.86. The zero-order valence-corrected chi connectivity index (χ0v) is 11.2. The fourth-order valence-corrected chi connectivity index (χ4v) is 3.04. The second kappa shape index (κ2) is 5.48. The molecular weight excluding hydrogens is 198 g/mol. The normalized spacial score (nSPS) is 35.4. The van der Waals surface area contributed by atoms with Crippen molar-refractivity contribution in [1.29, 1.82) is 0 Å². The number of piperazine rings is 1. The third kappa shape index (κ3) is 3.19. The first kappa shape index (κ1) is 12.3. The number of piperidine rings is 1. The zero-order valence-electron chi connectivity index (χ0n) is 11.2. The minimum Gasteiger partial charge on any atom is -0.306 e. The SMILES string of the molecule is CC1CN(C)CCC1CN1CCN(C)CC1. The molecular formula is C13H27N3. The van der Waals surface area contributed by atoms with Crippen LogP contribution in [0.4, 0.5) is 0 Å². The summed E-state index contributed by atoms with van der Waals surface area (Å²) in [6.07, 6.45) is 1.39. The van der Waals surface area contributed by atoms with E-state index >= 15 is 0 Å². The van der Waals surface area contributed by atoms with Crippen molar-refractivity contribution in [3.63, 3.8) is 0 Å². The van der Waals surface area contributed by atoms with Crippen molar-refractivity contribution < 1.29 is 0 Å². The molecule has 16 heavy (non-hydrogen) atoms. The molecule has 0 bridgehead atoms. The molecule has 2 heterocycles. The summed E-state index contributed by atoms with van der Waals surface area (Å²) >= 11 is 0. The smallest absolute Gasteiger partial charge is 0.0110 e. The van der Waals surface area contributed by atoms with Gasteiger partial charge in [-0.25, -0.2) is 0 Å². The monoisotopic (exact) mass is 225 g/mol. The largest absolute Gasteiger partial charge is 0.306 e. The maximum absolute atomic E-state index is 2.67. The summed E-state index contributed by atoms with van der Waals surface area (Å²) in [5.74, 6) is 1.80. The molecule has 2 aliphatic heterocycles. The van der Waals surface area contributed by atoms with Gasteiger partial charge < -0.3 is 14.7 Å². The lowest BCUT2D eigenvalue weighted by Gasteiger charge is -2.40. The molecule has 0 aromatic carbocycles. The maximum Gasteiger partial charge on any atom is 0.0110 e. The van der Waals surface area contributed by atoms with Crippen molar-refractivity contribution >= 4 is 0 Å². The highest BCUT2D eigenvalue weighted by molar-refractivity contribution is 4.80. The Labute approximate surface area is 100 Å². The van der Waals surface area contributed by atoms with Crippen LogP contribution in [0.5, 0.6) is 0 Å². The van der Waals surface area contributed by atoms with E-state index in [0.717, 1.165) is 11.8 Å². The van der Waals surface area contributed by atoms with Gasteiger partial charge in [0, 0.05) is 39.3 Å². The van der Waals surface area contributed by atoms with Crippen molar-refractivity contribution in [2.45, 2.75) is 13.3 Å². The number of nitrogens with zero attached hydrogens (tertiary/aromatic N) is 3. The molecule has 0 saturated carbocycles. The lowest BCUT2D eigenvalue weighted by molar-refractivity contribution is 0.0847. The van der Waals surface area contributed by atoms with Gasteiger partial charge in [-0.3, -0.25) is 0 Å². The summed E-state index contributed by atoms with van der Waals surface area (Å²) in [4.78, 5) is 7.59. The average Bonchev–Trinajstić information content (AvgIpc) is 2.25. The Morgan fingerprint density at radius 1 is 0.938 bits per heavy atom. The van der Waals surface area contributed by atoms with Crippen molar-refractivity contribution in [2.75, 3.05) is 59.9 Å². The number of hydrogen-bond donors (Lipinski definition) is 0. The van der Waals surface area contributed by atoms with E-state index in [1.807, 2.05) is 0 Å². The van der Waals surface area contributed by atoms with E-state index in [1.54, 1.807) is 0 Å². The Kier molecular flexibility index (Phi) is 4.22. The molecule has 0 aromatic rings. The quantitative estimate of drug-likeness (QED) is 0.689. The van der Waals surface area contributed by atoms with Gasteiger partial charge in [-0.1, -0.05) is 6.92 Å². The van der Waals surface area contributed by atoms with E-state index in [2.05, 4.69) is 35.7 Å². The standard InChI is InChI=1S/C13H27N3/c1-12-10-15(3)5-4-13(12)11-16-8-6-14(2)7-9-16/h12-13H,4-11H2,1-3H3. The van der Waals surface area contributed by atoms with Crippen molar-refractivity contribution in [3.8, 4) is 0 Å². The van der Waals surface area contributed by atoms with Gasteiger partial charge in [-0.15, -0.1) is 0 Å². The number of likely N-dealkylation sites (tertiary alicyclic amines) is 1. The summed E-state index contributed by atoms with van der Waals surface area (Å²) in [6, 6.07) is 0. The van der Waals surface area contributed by atoms with Gasteiger partial charge in [0.25, 0.3) is 0 Å². The van der Waals surface area contributed by atoms with Crippen LogP contribution in [0.1, 0.15) is 13.3 Å². The first-order valence-corrected chi connectivity index (χ1v) is 6.74. The minimum atomic E-state index is 0.874. The predicted octanol–water partition coefficient (Wildman–Crippen LogP) is 0.822. The summed E-state index contributed by atoms with van der Waals surface area (Å²) in [7, 11) is 4.48. The van der Waals surface area contributed by atoms with Crippen molar-refractivity contribution in [3.05, 3.63) is 0 Å². The predicted molar refractivity (Wildman–Crippen MR) is 68.7 cm³/mol. The van der Waals surface area contributed by atoms with E-state index in [1.165, 1.54) is 52.2 Å². The Morgan fingerprint density at radius 3 is 2.25 bits per heavy atom. The van der Waals surface area contributed by atoms with Gasteiger partial charge in [-0.05, 0) is 38.9 Å². The molecule has 0 aromatic heterocycles. The van der Waals surface area contributed by atoms with Gasteiger partial charge in [0.05, 0.1) is 0 Å². The molecule has 94 valence electrons.